The number of amides is 2. The lowest BCUT2D eigenvalue weighted by atomic mass is 10.0. The molecule has 0 radical (unpaired) electrons. The van der Waals surface area contributed by atoms with Crippen LogP contribution in [0.15, 0.2) is 83.9 Å². The molecule has 268 valence electrons. The normalized spacial score (nSPS) is 12.4. The van der Waals surface area contributed by atoms with Crippen LogP contribution in [0.2, 0.25) is 0 Å². The zero-order valence-corrected chi connectivity index (χ0v) is 30.1. The SMILES string of the molecule is CC(C)(C)OC(=O)N(C(=O)OC(C)(C)C)c1nccc2cc(NC(C(=O)O)c3ccc(CCCNS(=O)(=O)c4cccc(C#N)c4)cc3)ccc12. The van der Waals surface area contributed by atoms with E-state index in [-0.39, 0.29) is 22.8 Å². The van der Waals surface area contributed by atoms with Gasteiger partial charge in [-0.1, -0.05) is 30.3 Å². The van der Waals surface area contributed by atoms with Crippen LogP contribution >= 0.6 is 0 Å². The Labute approximate surface area is 297 Å². The summed E-state index contributed by atoms with van der Waals surface area (Å²) >= 11 is 0. The van der Waals surface area contributed by atoms with E-state index < -0.39 is 45.4 Å². The number of aliphatic carboxylic acids is 1. The van der Waals surface area contributed by atoms with Gasteiger partial charge in [0.15, 0.2) is 11.9 Å². The van der Waals surface area contributed by atoms with Gasteiger partial charge in [-0.15, -0.1) is 0 Å². The molecule has 4 aromatic rings. The van der Waals surface area contributed by atoms with Gasteiger partial charge in [-0.2, -0.15) is 10.2 Å². The molecule has 0 aliphatic heterocycles. The first-order chi connectivity index (χ1) is 23.9. The second-order valence-electron chi connectivity index (χ2n) is 13.7. The molecule has 1 heterocycles. The Kier molecular flexibility index (Phi) is 11.7. The Hall–Kier alpha value is -5.52. The highest BCUT2D eigenvalue weighted by Crippen LogP contribution is 2.31. The van der Waals surface area contributed by atoms with E-state index in [9.17, 15) is 27.9 Å². The van der Waals surface area contributed by atoms with Crippen molar-refractivity contribution < 1.29 is 37.4 Å². The summed E-state index contributed by atoms with van der Waals surface area (Å²) in [4.78, 5) is 43.9. The molecule has 2 amide bonds. The van der Waals surface area contributed by atoms with Gasteiger partial charge in [0.2, 0.25) is 10.0 Å². The third-order valence-electron chi connectivity index (χ3n) is 7.19. The summed E-state index contributed by atoms with van der Waals surface area (Å²) in [7, 11) is -3.77. The molecule has 0 saturated carbocycles. The molecular formula is C37H41N5O8S. The van der Waals surface area contributed by atoms with E-state index in [1.807, 2.05) is 6.07 Å². The highest BCUT2D eigenvalue weighted by Gasteiger charge is 2.34. The number of rotatable bonds is 11. The largest absolute Gasteiger partial charge is 0.479 e. The maximum atomic E-state index is 13.2. The Bertz CT molecular complexity index is 2040. The highest BCUT2D eigenvalue weighted by molar-refractivity contribution is 7.89. The van der Waals surface area contributed by atoms with Gasteiger partial charge in [0.25, 0.3) is 0 Å². The highest BCUT2D eigenvalue weighted by atomic mass is 32.2. The van der Waals surface area contributed by atoms with Gasteiger partial charge in [-0.3, -0.25) is 0 Å². The molecule has 51 heavy (non-hydrogen) atoms. The molecule has 1 unspecified atom stereocenters. The minimum atomic E-state index is -3.77. The summed E-state index contributed by atoms with van der Waals surface area (Å²) in [6, 6.07) is 20.2. The average molecular weight is 716 g/mol. The fraction of sp³-hybridized carbons (Fsp3) is 0.324. The van der Waals surface area contributed by atoms with E-state index in [4.69, 9.17) is 14.7 Å². The van der Waals surface area contributed by atoms with E-state index in [1.165, 1.54) is 30.5 Å². The van der Waals surface area contributed by atoms with E-state index in [2.05, 4.69) is 15.0 Å². The molecule has 3 aromatic carbocycles. The van der Waals surface area contributed by atoms with Crippen LogP contribution in [0, 0.1) is 11.3 Å². The molecule has 0 aliphatic carbocycles. The molecule has 0 spiro atoms. The summed E-state index contributed by atoms with van der Waals surface area (Å²) in [5.74, 6) is -1.12. The second-order valence-corrected chi connectivity index (χ2v) is 15.4. The van der Waals surface area contributed by atoms with Gasteiger partial charge >= 0.3 is 18.2 Å². The molecular weight excluding hydrogens is 675 g/mol. The maximum Gasteiger partial charge on any atom is 0.425 e. The number of hydrogen-bond acceptors (Lipinski definition) is 10. The van der Waals surface area contributed by atoms with Crippen LogP contribution in [-0.4, -0.2) is 54.4 Å². The Balaban J connectivity index is 1.48. The lowest BCUT2D eigenvalue weighted by Crippen LogP contribution is -2.44. The van der Waals surface area contributed by atoms with Crippen molar-refractivity contribution >= 4 is 50.5 Å². The van der Waals surface area contributed by atoms with Gasteiger partial charge in [0.05, 0.1) is 16.5 Å². The van der Waals surface area contributed by atoms with Crippen molar-refractivity contribution in [1.29, 1.82) is 5.26 Å². The Morgan fingerprint density at radius 2 is 1.57 bits per heavy atom. The molecule has 0 fully saturated rings. The van der Waals surface area contributed by atoms with Crippen LogP contribution in [0.5, 0.6) is 0 Å². The molecule has 1 aromatic heterocycles. The van der Waals surface area contributed by atoms with Crippen LogP contribution < -0.4 is 14.9 Å². The molecule has 14 heteroatoms. The molecule has 13 nitrogen and oxygen atoms in total. The smallest absolute Gasteiger partial charge is 0.425 e. The fourth-order valence-electron chi connectivity index (χ4n) is 4.94. The summed E-state index contributed by atoms with van der Waals surface area (Å²) in [5, 5.41) is 23.2. The number of nitrogens with one attached hydrogen (secondary N) is 2. The first kappa shape index (κ1) is 38.3. The standard InChI is InChI=1S/C37H41N5O8S/c1-36(2,3)49-34(45)42(35(46)50-37(4,5)6)32-30-17-16-28(22-27(30)18-20-39-32)41-31(33(43)44)26-14-12-24(13-15-26)10-8-19-40-51(47,48)29-11-7-9-25(21-29)23-38/h7,9,11-18,20-22,31,40-41H,8,10,19H2,1-6H3,(H,43,44). The van der Waals surface area contributed by atoms with Crippen molar-refractivity contribution in [3.8, 4) is 6.07 Å². The van der Waals surface area contributed by atoms with Crippen molar-refractivity contribution in [2.24, 2.45) is 0 Å². The lowest BCUT2D eigenvalue weighted by molar-refractivity contribution is -0.138. The monoisotopic (exact) mass is 715 g/mol. The maximum absolute atomic E-state index is 13.2. The lowest BCUT2D eigenvalue weighted by Gasteiger charge is -2.28. The second kappa shape index (κ2) is 15.6. The number of benzene rings is 3. The van der Waals surface area contributed by atoms with Crippen molar-refractivity contribution in [1.82, 2.24) is 9.71 Å². The summed E-state index contributed by atoms with van der Waals surface area (Å²) in [5.41, 5.74) is 0.277. The van der Waals surface area contributed by atoms with E-state index >= 15 is 0 Å². The van der Waals surface area contributed by atoms with Crippen molar-refractivity contribution in [2.75, 3.05) is 16.8 Å². The van der Waals surface area contributed by atoms with Gasteiger partial charge in [0, 0.05) is 23.8 Å². The molecule has 0 saturated heterocycles. The molecule has 4 rings (SSSR count). The summed E-state index contributed by atoms with van der Waals surface area (Å²) in [6.45, 7) is 10.2. The number of ether oxygens (including phenoxy) is 2. The number of carboxylic acids is 1. The predicted octanol–water partition coefficient (Wildman–Crippen LogP) is 6.93. The van der Waals surface area contributed by atoms with E-state index in [0.29, 0.717) is 34.9 Å². The number of anilines is 2. The number of aromatic nitrogens is 1. The third-order valence-corrected chi connectivity index (χ3v) is 8.64. The molecule has 0 aliphatic rings. The number of carbonyl (C=O) groups excluding carboxylic acids is 2. The van der Waals surface area contributed by atoms with E-state index in [0.717, 1.165) is 10.5 Å². The number of pyridine rings is 1. The minimum absolute atomic E-state index is 0.00563. The van der Waals surface area contributed by atoms with Crippen LogP contribution in [0.1, 0.15) is 70.7 Å². The number of imide groups is 1. The number of nitriles is 1. The number of fused-ring (bicyclic) bond motifs is 1. The van der Waals surface area contributed by atoms with Gasteiger partial charge < -0.3 is 19.9 Å². The third kappa shape index (κ3) is 10.5. The average Bonchev–Trinajstić information content (AvgIpc) is 3.04. The van der Waals surface area contributed by atoms with Crippen molar-refractivity contribution in [2.45, 2.75) is 76.5 Å². The summed E-state index contributed by atoms with van der Waals surface area (Å²) < 4.78 is 38.7. The minimum Gasteiger partial charge on any atom is -0.479 e. The van der Waals surface area contributed by atoms with Gasteiger partial charge in [-0.25, -0.2) is 32.5 Å². The first-order valence-corrected chi connectivity index (χ1v) is 17.6. The van der Waals surface area contributed by atoms with Crippen molar-refractivity contribution in [3.05, 3.63) is 95.7 Å². The number of sulfonamides is 1. The topological polar surface area (TPSA) is 188 Å². The number of nitrogens with zero attached hydrogens (tertiary/aromatic N) is 3. The number of aryl methyl sites for hydroxylation is 1. The summed E-state index contributed by atoms with van der Waals surface area (Å²) in [6.07, 6.45) is 0.531. The van der Waals surface area contributed by atoms with Crippen LogP contribution in [0.4, 0.5) is 21.1 Å². The Morgan fingerprint density at radius 1 is 0.922 bits per heavy atom. The van der Waals surface area contributed by atoms with Gasteiger partial charge in [-0.05, 0) is 113 Å². The van der Waals surface area contributed by atoms with Gasteiger partial charge in [0.1, 0.15) is 11.2 Å². The number of carboxylic acid groups (broad SMARTS) is 1. The fourth-order valence-corrected chi connectivity index (χ4v) is 6.06. The van der Waals surface area contributed by atoms with Crippen LogP contribution in [0.3, 0.4) is 0 Å². The number of carbonyl (C=O) groups is 3. The number of hydrogen-bond donors (Lipinski definition) is 3. The first-order valence-electron chi connectivity index (χ1n) is 16.1. The zero-order valence-electron chi connectivity index (χ0n) is 29.3. The molecule has 1 atom stereocenters. The predicted molar refractivity (Wildman–Crippen MR) is 192 cm³/mol. The molecule has 3 N–H and O–H groups in total. The zero-order chi connectivity index (χ0) is 37.6. The van der Waals surface area contributed by atoms with Crippen LogP contribution in [0.25, 0.3) is 10.8 Å². The quantitative estimate of drug-likeness (QED) is 0.137. The Morgan fingerprint density at radius 3 is 2.16 bits per heavy atom. The van der Waals surface area contributed by atoms with Crippen molar-refractivity contribution in [3.63, 3.8) is 0 Å². The molecule has 0 bridgehead atoms. The van der Waals surface area contributed by atoms with Crippen LogP contribution in [-0.2, 0) is 30.7 Å². The van der Waals surface area contributed by atoms with E-state index in [1.54, 1.807) is 90.1 Å².